The predicted octanol–water partition coefficient (Wildman–Crippen LogP) is 0.900. The molecule has 0 N–H and O–H groups in total. The molecule has 102 valence electrons. The molecule has 6 nitrogen and oxygen atoms in total. The molecule has 3 rings (SSSR count). The lowest BCUT2D eigenvalue weighted by atomic mass is 9.81. The van der Waals surface area contributed by atoms with Crippen molar-refractivity contribution in [2.45, 2.75) is 38.9 Å². The molecule has 1 aliphatic rings. The summed E-state index contributed by atoms with van der Waals surface area (Å²) < 4.78 is 13.5. The van der Waals surface area contributed by atoms with E-state index in [1.54, 1.807) is 16.9 Å². The van der Waals surface area contributed by atoms with E-state index in [0.717, 1.165) is 5.46 Å². The van der Waals surface area contributed by atoms with Crippen molar-refractivity contribution in [2.75, 3.05) is 0 Å². The smallest absolute Gasteiger partial charge is 0.399 e. The Balaban J connectivity index is 1.99. The van der Waals surface area contributed by atoms with E-state index in [0.29, 0.717) is 11.2 Å². The van der Waals surface area contributed by atoms with Crippen LogP contribution in [-0.4, -0.2) is 32.9 Å². The van der Waals surface area contributed by atoms with Crippen LogP contribution in [0.15, 0.2) is 18.6 Å². The molecular weight excluding hydrogens is 255 g/mol. The van der Waals surface area contributed by atoms with Gasteiger partial charge >= 0.3 is 7.12 Å². The van der Waals surface area contributed by atoms with Crippen LogP contribution >= 0.6 is 0 Å². The molecule has 20 heavy (non-hydrogen) atoms. The Hall–Kier alpha value is -1.91. The monoisotopic (exact) mass is 270 g/mol. The van der Waals surface area contributed by atoms with Crippen molar-refractivity contribution in [3.63, 3.8) is 0 Å². The summed E-state index contributed by atoms with van der Waals surface area (Å²) in [4.78, 5) is 4.27. The third-order valence-electron chi connectivity index (χ3n) is 4.02. The Kier molecular flexibility index (Phi) is 2.65. The Morgan fingerprint density at radius 3 is 2.45 bits per heavy atom. The number of nitriles is 1. The van der Waals surface area contributed by atoms with Crippen LogP contribution in [0.4, 0.5) is 0 Å². The lowest BCUT2D eigenvalue weighted by Crippen LogP contribution is -2.41. The SMILES string of the molecule is CC1(C)OB(c2cnc3c(C#N)cnn3c2)OC1(C)C. The van der Waals surface area contributed by atoms with Crippen molar-refractivity contribution in [2.24, 2.45) is 0 Å². The summed E-state index contributed by atoms with van der Waals surface area (Å²) >= 11 is 0. The fourth-order valence-corrected chi connectivity index (χ4v) is 2.07. The second kappa shape index (κ2) is 4.04. The first-order valence-corrected chi connectivity index (χ1v) is 6.43. The predicted molar refractivity (Wildman–Crippen MR) is 73.4 cm³/mol. The summed E-state index contributed by atoms with van der Waals surface area (Å²) in [6, 6.07) is 2.06. The molecule has 0 radical (unpaired) electrons. The highest BCUT2D eigenvalue weighted by Crippen LogP contribution is 2.36. The molecule has 2 aromatic rings. The van der Waals surface area contributed by atoms with Gasteiger partial charge in [0.15, 0.2) is 5.65 Å². The molecule has 0 bridgehead atoms. The van der Waals surface area contributed by atoms with Crippen molar-refractivity contribution < 1.29 is 9.31 Å². The maximum absolute atomic E-state index is 8.95. The van der Waals surface area contributed by atoms with Crippen LogP contribution in [0.25, 0.3) is 5.65 Å². The van der Waals surface area contributed by atoms with Gasteiger partial charge in [-0.3, -0.25) is 0 Å². The number of nitrogens with zero attached hydrogens (tertiary/aromatic N) is 4. The summed E-state index contributed by atoms with van der Waals surface area (Å²) in [5.74, 6) is 0. The molecule has 0 atom stereocenters. The number of hydrogen-bond acceptors (Lipinski definition) is 5. The van der Waals surface area contributed by atoms with Gasteiger partial charge in [0, 0.05) is 17.9 Å². The van der Waals surface area contributed by atoms with Gasteiger partial charge in [0.25, 0.3) is 0 Å². The molecular formula is C13H15BN4O2. The molecule has 7 heteroatoms. The van der Waals surface area contributed by atoms with Crippen molar-refractivity contribution in [3.8, 4) is 6.07 Å². The normalized spacial score (nSPS) is 20.2. The Morgan fingerprint density at radius 1 is 1.20 bits per heavy atom. The minimum atomic E-state index is -0.480. The minimum absolute atomic E-state index is 0.394. The Labute approximate surface area is 117 Å². The van der Waals surface area contributed by atoms with Gasteiger partial charge in [-0.15, -0.1) is 0 Å². The summed E-state index contributed by atoms with van der Waals surface area (Å²) in [5, 5.41) is 13.1. The first-order chi connectivity index (χ1) is 9.34. The van der Waals surface area contributed by atoms with Gasteiger partial charge in [-0.1, -0.05) is 0 Å². The molecule has 0 aliphatic carbocycles. The highest BCUT2D eigenvalue weighted by atomic mass is 16.7. The summed E-state index contributed by atoms with van der Waals surface area (Å²) in [7, 11) is -0.480. The maximum Gasteiger partial charge on any atom is 0.498 e. The van der Waals surface area contributed by atoms with Crippen LogP contribution < -0.4 is 5.46 Å². The fraction of sp³-hybridized carbons (Fsp3) is 0.462. The fourth-order valence-electron chi connectivity index (χ4n) is 2.07. The molecule has 0 amide bonds. The first-order valence-electron chi connectivity index (χ1n) is 6.43. The second-order valence-corrected chi connectivity index (χ2v) is 5.91. The lowest BCUT2D eigenvalue weighted by Gasteiger charge is -2.32. The number of fused-ring (bicyclic) bond motifs is 1. The Bertz CT molecular complexity index is 701. The number of rotatable bonds is 1. The van der Waals surface area contributed by atoms with E-state index in [1.807, 2.05) is 27.7 Å². The van der Waals surface area contributed by atoms with Gasteiger partial charge < -0.3 is 9.31 Å². The molecule has 0 spiro atoms. The van der Waals surface area contributed by atoms with Crippen molar-refractivity contribution in [3.05, 3.63) is 24.2 Å². The Morgan fingerprint density at radius 2 is 1.85 bits per heavy atom. The molecule has 0 aromatic carbocycles. The highest BCUT2D eigenvalue weighted by Gasteiger charge is 2.52. The molecule has 1 aliphatic heterocycles. The van der Waals surface area contributed by atoms with E-state index >= 15 is 0 Å². The van der Waals surface area contributed by atoms with Gasteiger partial charge in [-0.05, 0) is 27.7 Å². The van der Waals surface area contributed by atoms with E-state index in [1.165, 1.54) is 6.20 Å². The maximum atomic E-state index is 8.95. The van der Waals surface area contributed by atoms with E-state index in [4.69, 9.17) is 14.6 Å². The second-order valence-electron chi connectivity index (χ2n) is 5.91. The quantitative estimate of drug-likeness (QED) is 0.720. The van der Waals surface area contributed by atoms with E-state index in [9.17, 15) is 0 Å². The summed E-state index contributed by atoms with van der Waals surface area (Å²) in [5.41, 5.74) is 0.977. The van der Waals surface area contributed by atoms with Crippen LogP contribution in [0.5, 0.6) is 0 Å². The van der Waals surface area contributed by atoms with E-state index in [-0.39, 0.29) is 0 Å². The van der Waals surface area contributed by atoms with Crippen LogP contribution in [0.1, 0.15) is 33.3 Å². The molecule has 2 aromatic heterocycles. The first kappa shape index (κ1) is 13.1. The zero-order valence-electron chi connectivity index (χ0n) is 11.9. The topological polar surface area (TPSA) is 72.4 Å². The van der Waals surface area contributed by atoms with E-state index < -0.39 is 18.3 Å². The van der Waals surface area contributed by atoms with Gasteiger partial charge in [-0.25, -0.2) is 9.50 Å². The van der Waals surface area contributed by atoms with Crippen molar-refractivity contribution >= 4 is 18.2 Å². The van der Waals surface area contributed by atoms with Gasteiger partial charge in [0.2, 0.25) is 0 Å². The van der Waals surface area contributed by atoms with E-state index in [2.05, 4.69) is 16.2 Å². The van der Waals surface area contributed by atoms with Gasteiger partial charge in [0.1, 0.15) is 11.6 Å². The van der Waals surface area contributed by atoms with Crippen LogP contribution in [0.3, 0.4) is 0 Å². The van der Waals surface area contributed by atoms with Gasteiger partial charge in [-0.2, -0.15) is 10.4 Å². The average molecular weight is 270 g/mol. The van der Waals surface area contributed by atoms with Crippen LogP contribution in [0, 0.1) is 11.3 Å². The average Bonchev–Trinajstić information content (AvgIpc) is 2.87. The minimum Gasteiger partial charge on any atom is -0.399 e. The standard InChI is InChI=1S/C13H15BN4O2/c1-12(2)13(3,4)20-14(19-12)10-7-16-11-9(5-15)6-17-18(11)8-10/h6-8H,1-4H3. The molecule has 3 heterocycles. The lowest BCUT2D eigenvalue weighted by molar-refractivity contribution is 0.00578. The third kappa shape index (κ3) is 1.80. The molecule has 1 saturated heterocycles. The van der Waals surface area contributed by atoms with Crippen molar-refractivity contribution in [1.82, 2.24) is 14.6 Å². The zero-order chi connectivity index (χ0) is 14.5. The molecule has 0 saturated carbocycles. The zero-order valence-corrected chi connectivity index (χ0v) is 11.9. The van der Waals surface area contributed by atoms with Crippen molar-refractivity contribution in [1.29, 1.82) is 5.26 Å². The van der Waals surface area contributed by atoms with Crippen LogP contribution in [-0.2, 0) is 9.31 Å². The number of hydrogen-bond donors (Lipinski definition) is 0. The molecule has 1 fully saturated rings. The summed E-state index contributed by atoms with van der Waals surface area (Å²) in [6.45, 7) is 8.00. The largest absolute Gasteiger partial charge is 0.498 e. The number of aromatic nitrogens is 3. The van der Waals surface area contributed by atoms with Gasteiger partial charge in [0.05, 0.1) is 17.4 Å². The highest BCUT2D eigenvalue weighted by molar-refractivity contribution is 6.61. The summed E-state index contributed by atoms with van der Waals surface area (Å²) in [6.07, 6.45) is 4.95. The molecule has 0 unspecified atom stereocenters. The van der Waals surface area contributed by atoms with Crippen LogP contribution in [0.2, 0.25) is 0 Å². The third-order valence-corrected chi connectivity index (χ3v) is 4.02.